The summed E-state index contributed by atoms with van der Waals surface area (Å²) in [6.45, 7) is 1.83. The van der Waals surface area contributed by atoms with Gasteiger partial charge in [-0.25, -0.2) is 19.0 Å². The minimum Gasteiger partial charge on any atom is -0.464 e. The highest BCUT2D eigenvalue weighted by Gasteiger charge is 2.18. The molecular weight excluding hydrogens is 506 g/mol. The largest absolute Gasteiger partial charge is 0.464 e. The smallest absolute Gasteiger partial charge is 0.343 e. The predicted molar refractivity (Wildman–Crippen MR) is 138 cm³/mol. The summed E-state index contributed by atoms with van der Waals surface area (Å²) in [6, 6.07) is 16.3. The highest BCUT2D eigenvalue weighted by molar-refractivity contribution is 6.03. The maximum Gasteiger partial charge on any atom is 0.343 e. The molecule has 0 saturated heterocycles. The lowest BCUT2D eigenvalue weighted by Crippen LogP contribution is -2.14. The fourth-order valence-electron chi connectivity index (χ4n) is 3.83. The van der Waals surface area contributed by atoms with Gasteiger partial charge in [-0.05, 0) is 37.3 Å². The van der Waals surface area contributed by atoms with Crippen molar-refractivity contribution in [3.05, 3.63) is 101 Å². The Balaban J connectivity index is 1.30. The molecule has 5 aromatic rings. The van der Waals surface area contributed by atoms with Crippen LogP contribution in [0.1, 0.15) is 27.8 Å². The van der Waals surface area contributed by atoms with Gasteiger partial charge in [0.2, 0.25) is 0 Å². The number of nitro benzene ring substituents is 1. The monoisotopic (exact) mass is 527 g/mol. The number of para-hydroxylation sites is 2. The van der Waals surface area contributed by atoms with Crippen molar-refractivity contribution < 1.29 is 24.0 Å². The maximum absolute atomic E-state index is 12.8. The van der Waals surface area contributed by atoms with Gasteiger partial charge in [-0.1, -0.05) is 24.3 Å². The summed E-state index contributed by atoms with van der Waals surface area (Å²) in [4.78, 5) is 40.0. The first kappa shape index (κ1) is 25.1. The van der Waals surface area contributed by atoms with E-state index in [4.69, 9.17) is 9.47 Å². The van der Waals surface area contributed by atoms with E-state index < -0.39 is 16.8 Å². The second-order valence-electron chi connectivity index (χ2n) is 8.12. The van der Waals surface area contributed by atoms with Crippen LogP contribution < -0.4 is 10.1 Å². The zero-order valence-corrected chi connectivity index (χ0v) is 20.6. The van der Waals surface area contributed by atoms with Gasteiger partial charge in [0.25, 0.3) is 5.91 Å². The number of fused-ring (bicyclic) bond motifs is 1. The zero-order valence-electron chi connectivity index (χ0n) is 20.6. The molecular formula is C26H21N7O6. The molecule has 0 atom stereocenters. The third-order valence-electron chi connectivity index (χ3n) is 5.60. The Morgan fingerprint density at radius 1 is 1.10 bits per heavy atom. The summed E-state index contributed by atoms with van der Waals surface area (Å²) in [6.07, 6.45) is 4.51. The van der Waals surface area contributed by atoms with Crippen LogP contribution in [0, 0.1) is 10.1 Å². The lowest BCUT2D eigenvalue weighted by Gasteiger charge is -2.09. The molecule has 13 nitrogen and oxygen atoms in total. The lowest BCUT2D eigenvalue weighted by molar-refractivity contribution is -0.386. The quantitative estimate of drug-likeness (QED) is 0.170. The summed E-state index contributed by atoms with van der Waals surface area (Å²) >= 11 is 0. The summed E-state index contributed by atoms with van der Waals surface area (Å²) in [7, 11) is 0. The van der Waals surface area contributed by atoms with Crippen LogP contribution in [0.2, 0.25) is 0 Å². The number of carbonyl (C=O) groups excluding carboxylic acids is 2. The minimum atomic E-state index is -0.534. The number of ether oxygens (including phenoxy) is 2. The summed E-state index contributed by atoms with van der Waals surface area (Å²) in [5, 5.41) is 22.5. The van der Waals surface area contributed by atoms with Gasteiger partial charge in [-0.3, -0.25) is 14.9 Å². The zero-order chi connectivity index (χ0) is 27.4. The number of benzene rings is 2. The highest BCUT2D eigenvalue weighted by atomic mass is 16.6. The Morgan fingerprint density at radius 3 is 2.77 bits per heavy atom. The molecule has 5 rings (SSSR count). The third-order valence-corrected chi connectivity index (χ3v) is 5.60. The van der Waals surface area contributed by atoms with E-state index in [2.05, 4.69) is 20.5 Å². The van der Waals surface area contributed by atoms with Crippen molar-refractivity contribution in [2.24, 2.45) is 0 Å². The predicted octanol–water partition coefficient (Wildman–Crippen LogP) is 3.97. The molecule has 3 heterocycles. The van der Waals surface area contributed by atoms with E-state index in [9.17, 15) is 19.7 Å². The first-order chi connectivity index (χ1) is 18.9. The topological polar surface area (TPSA) is 156 Å². The summed E-state index contributed by atoms with van der Waals surface area (Å²) in [5.41, 5.74) is 2.46. The fourth-order valence-corrected chi connectivity index (χ4v) is 3.83. The van der Waals surface area contributed by atoms with Crippen LogP contribution in [0.15, 0.2) is 79.3 Å². The molecule has 13 heteroatoms. The Labute approximate surface area is 220 Å². The van der Waals surface area contributed by atoms with Crippen LogP contribution >= 0.6 is 0 Å². The van der Waals surface area contributed by atoms with Crippen molar-refractivity contribution in [3.8, 4) is 17.0 Å². The SMILES string of the molecule is CCOC(=O)c1cnn2c(-c3cccc(NC(=O)c4ccn(COc5ccccc5[N+](=O)[O-])n4)c3)ccnc12. The van der Waals surface area contributed by atoms with Gasteiger partial charge in [0.05, 0.1) is 23.4 Å². The van der Waals surface area contributed by atoms with Crippen molar-refractivity contribution >= 4 is 28.9 Å². The van der Waals surface area contributed by atoms with Crippen LogP contribution in [0.25, 0.3) is 16.9 Å². The van der Waals surface area contributed by atoms with Gasteiger partial charge < -0.3 is 14.8 Å². The van der Waals surface area contributed by atoms with Gasteiger partial charge in [-0.2, -0.15) is 10.2 Å². The molecule has 1 amide bonds. The molecule has 3 aromatic heterocycles. The minimum absolute atomic E-state index is 0.0950. The highest BCUT2D eigenvalue weighted by Crippen LogP contribution is 2.26. The van der Waals surface area contributed by atoms with Crippen LogP contribution in [0.4, 0.5) is 11.4 Å². The number of anilines is 1. The number of nitrogens with zero attached hydrogens (tertiary/aromatic N) is 6. The lowest BCUT2D eigenvalue weighted by atomic mass is 10.1. The molecule has 0 aliphatic heterocycles. The molecule has 0 aliphatic carbocycles. The standard InChI is InChI=1S/C26H21N7O6/c1-2-38-26(35)19-15-28-32-21(10-12-27-24(19)32)17-6-5-7-18(14-17)29-25(34)20-11-13-31(30-20)16-39-23-9-4-3-8-22(23)33(36)37/h3-15H,2,16H2,1H3,(H,29,34). The van der Waals surface area contributed by atoms with Crippen molar-refractivity contribution in [2.45, 2.75) is 13.7 Å². The number of nitrogens with one attached hydrogen (secondary N) is 1. The number of hydrogen-bond acceptors (Lipinski definition) is 9. The number of amides is 1. The Kier molecular flexibility index (Phi) is 6.94. The first-order valence-electron chi connectivity index (χ1n) is 11.8. The van der Waals surface area contributed by atoms with Crippen LogP contribution in [-0.2, 0) is 11.5 Å². The average molecular weight is 527 g/mol. The second kappa shape index (κ2) is 10.8. The number of esters is 1. The molecule has 0 radical (unpaired) electrons. The van der Waals surface area contributed by atoms with E-state index in [1.165, 1.54) is 39.8 Å². The van der Waals surface area contributed by atoms with Gasteiger partial charge in [0, 0.05) is 29.7 Å². The molecule has 0 unspecified atom stereocenters. The van der Waals surface area contributed by atoms with Crippen LogP contribution in [0.3, 0.4) is 0 Å². The van der Waals surface area contributed by atoms with Crippen molar-refractivity contribution in [1.82, 2.24) is 24.4 Å². The van der Waals surface area contributed by atoms with Crippen molar-refractivity contribution in [2.75, 3.05) is 11.9 Å². The number of hydrogen-bond donors (Lipinski definition) is 1. The molecule has 39 heavy (non-hydrogen) atoms. The number of carbonyl (C=O) groups is 2. The Hall–Kier alpha value is -5.59. The van der Waals surface area contributed by atoms with Crippen molar-refractivity contribution in [3.63, 3.8) is 0 Å². The second-order valence-corrected chi connectivity index (χ2v) is 8.12. The summed E-state index contributed by atoms with van der Waals surface area (Å²) in [5.74, 6) is -0.872. The molecule has 0 aliphatic rings. The van der Waals surface area contributed by atoms with E-state index >= 15 is 0 Å². The van der Waals surface area contributed by atoms with Gasteiger partial charge in [0.1, 0.15) is 5.56 Å². The maximum atomic E-state index is 12.8. The van der Waals surface area contributed by atoms with Crippen LogP contribution in [0.5, 0.6) is 5.75 Å². The number of aromatic nitrogens is 5. The van der Waals surface area contributed by atoms with E-state index in [0.717, 1.165) is 5.56 Å². The third kappa shape index (κ3) is 5.27. The normalized spacial score (nSPS) is 10.8. The number of nitro groups is 1. The molecule has 0 bridgehead atoms. The van der Waals surface area contributed by atoms with E-state index in [1.54, 1.807) is 49.5 Å². The summed E-state index contributed by atoms with van der Waals surface area (Å²) < 4.78 is 13.5. The van der Waals surface area contributed by atoms with E-state index in [1.807, 2.05) is 6.07 Å². The molecule has 196 valence electrons. The van der Waals surface area contributed by atoms with Gasteiger partial charge in [-0.15, -0.1) is 0 Å². The first-order valence-corrected chi connectivity index (χ1v) is 11.8. The Bertz CT molecular complexity index is 1690. The van der Waals surface area contributed by atoms with Crippen molar-refractivity contribution in [1.29, 1.82) is 0 Å². The van der Waals surface area contributed by atoms with Gasteiger partial charge >= 0.3 is 11.7 Å². The molecule has 0 fully saturated rings. The number of rotatable bonds is 9. The van der Waals surface area contributed by atoms with E-state index in [-0.39, 0.29) is 36.0 Å². The molecule has 2 aromatic carbocycles. The molecule has 0 spiro atoms. The van der Waals surface area contributed by atoms with Gasteiger partial charge in [0.15, 0.2) is 23.8 Å². The molecule has 1 N–H and O–H groups in total. The fraction of sp³-hybridized carbons (Fsp3) is 0.115. The Morgan fingerprint density at radius 2 is 1.95 bits per heavy atom. The average Bonchev–Trinajstić information content (AvgIpc) is 3.60. The van der Waals surface area contributed by atoms with E-state index in [0.29, 0.717) is 17.0 Å². The van der Waals surface area contributed by atoms with Crippen LogP contribution in [-0.4, -0.2) is 47.8 Å². The molecule has 0 saturated carbocycles.